The van der Waals surface area contributed by atoms with Gasteiger partial charge in [0.1, 0.15) is 0 Å². The molecule has 2 N–H and O–H groups in total. The normalized spacial score (nSPS) is 17.7. The Morgan fingerprint density at radius 1 is 1.40 bits per heavy atom. The highest BCUT2D eigenvalue weighted by Gasteiger charge is 2.19. The molecule has 2 heterocycles. The van der Waals surface area contributed by atoms with Crippen LogP contribution in [0.5, 0.6) is 0 Å². The summed E-state index contributed by atoms with van der Waals surface area (Å²) in [6.07, 6.45) is 3.24. The fourth-order valence-electron chi connectivity index (χ4n) is 2.96. The van der Waals surface area contributed by atoms with E-state index in [-0.39, 0.29) is 24.4 Å². The number of benzene rings is 1. The third-order valence-corrected chi connectivity index (χ3v) is 4.39. The van der Waals surface area contributed by atoms with E-state index < -0.39 is 0 Å². The molecule has 0 bridgehead atoms. The van der Waals surface area contributed by atoms with Gasteiger partial charge in [-0.25, -0.2) is 0 Å². The lowest BCUT2D eigenvalue weighted by atomic mass is 10.0. The summed E-state index contributed by atoms with van der Waals surface area (Å²) in [4.78, 5) is 16.5. The van der Waals surface area contributed by atoms with Gasteiger partial charge in [0.05, 0.1) is 12.5 Å². The number of aromatic nitrogens is 2. The zero-order valence-electron chi connectivity index (χ0n) is 14.4. The van der Waals surface area contributed by atoms with Gasteiger partial charge in [0, 0.05) is 6.42 Å². The van der Waals surface area contributed by atoms with E-state index in [2.05, 4.69) is 20.8 Å². The van der Waals surface area contributed by atoms with Gasteiger partial charge < -0.3 is 15.2 Å². The Morgan fingerprint density at radius 3 is 2.92 bits per heavy atom. The maximum absolute atomic E-state index is 12.1. The summed E-state index contributed by atoms with van der Waals surface area (Å²) in [5.74, 6) is 1.75. The first-order valence-electron chi connectivity index (χ1n) is 8.57. The van der Waals surface area contributed by atoms with Crippen molar-refractivity contribution in [3.8, 4) is 0 Å². The molecule has 0 spiro atoms. The van der Waals surface area contributed by atoms with Crippen LogP contribution in [0.1, 0.15) is 49.5 Å². The average Bonchev–Trinajstić information content (AvgIpc) is 3.25. The van der Waals surface area contributed by atoms with Crippen molar-refractivity contribution in [2.45, 2.75) is 38.6 Å². The van der Waals surface area contributed by atoms with Gasteiger partial charge in [0.15, 0.2) is 5.82 Å². The largest absolute Gasteiger partial charge is 0.346 e. The molecule has 0 saturated carbocycles. The number of amides is 1. The molecule has 1 fully saturated rings. The summed E-state index contributed by atoms with van der Waals surface area (Å²) >= 11 is 0. The molecule has 7 heteroatoms. The first-order valence-corrected chi connectivity index (χ1v) is 8.57. The number of carbonyl (C=O) groups excluding carboxylic acids is 1. The molecule has 2 unspecified atom stereocenters. The van der Waals surface area contributed by atoms with Gasteiger partial charge in [0.25, 0.3) is 0 Å². The lowest BCUT2D eigenvalue weighted by Crippen LogP contribution is -2.27. The molecule has 25 heavy (non-hydrogen) atoms. The average molecular weight is 365 g/mol. The number of hydrogen-bond donors (Lipinski definition) is 2. The maximum Gasteiger partial charge on any atom is 0.231 e. The van der Waals surface area contributed by atoms with Crippen LogP contribution in [0.3, 0.4) is 0 Å². The number of hydrogen-bond acceptors (Lipinski definition) is 5. The highest BCUT2D eigenvalue weighted by molar-refractivity contribution is 5.85. The molecule has 1 aromatic heterocycles. The van der Waals surface area contributed by atoms with E-state index in [0.717, 1.165) is 31.5 Å². The number of nitrogens with zero attached hydrogens (tertiary/aromatic N) is 2. The van der Waals surface area contributed by atoms with Crippen LogP contribution in [0.25, 0.3) is 0 Å². The van der Waals surface area contributed by atoms with Crippen molar-refractivity contribution in [1.29, 1.82) is 0 Å². The first kappa shape index (κ1) is 19.4. The monoisotopic (exact) mass is 364 g/mol. The van der Waals surface area contributed by atoms with E-state index in [1.807, 2.05) is 37.3 Å². The Hall–Kier alpha value is -1.92. The third kappa shape index (κ3) is 5.83. The topological polar surface area (TPSA) is 80.0 Å². The molecule has 3 rings (SSSR count). The van der Waals surface area contributed by atoms with Crippen LogP contribution in [0.4, 0.5) is 0 Å². The lowest BCUT2D eigenvalue weighted by Gasteiger charge is -2.11. The van der Waals surface area contributed by atoms with Crippen molar-refractivity contribution in [2.75, 3.05) is 13.1 Å². The van der Waals surface area contributed by atoms with Crippen molar-refractivity contribution in [3.63, 3.8) is 0 Å². The maximum atomic E-state index is 12.1. The second-order valence-electron chi connectivity index (χ2n) is 6.40. The van der Waals surface area contributed by atoms with Crippen LogP contribution >= 0.6 is 12.4 Å². The van der Waals surface area contributed by atoms with E-state index in [0.29, 0.717) is 30.5 Å². The molecule has 1 saturated heterocycles. The molecule has 2 atom stereocenters. The Labute approximate surface area is 154 Å². The van der Waals surface area contributed by atoms with E-state index in [9.17, 15) is 4.79 Å². The Bertz CT molecular complexity index is 656. The molecule has 0 aliphatic carbocycles. The molecule has 0 radical (unpaired) electrons. The van der Waals surface area contributed by atoms with Crippen molar-refractivity contribution < 1.29 is 9.32 Å². The van der Waals surface area contributed by atoms with Crippen molar-refractivity contribution in [1.82, 2.24) is 20.8 Å². The predicted molar refractivity (Wildman–Crippen MR) is 97.6 cm³/mol. The highest BCUT2D eigenvalue weighted by Crippen LogP contribution is 2.15. The molecular weight excluding hydrogens is 340 g/mol. The highest BCUT2D eigenvalue weighted by atomic mass is 35.5. The van der Waals surface area contributed by atoms with E-state index in [1.165, 1.54) is 0 Å². The molecule has 2 aromatic rings. The van der Waals surface area contributed by atoms with Gasteiger partial charge in [-0.05, 0) is 44.3 Å². The van der Waals surface area contributed by atoms with Crippen molar-refractivity contribution >= 4 is 18.3 Å². The zero-order valence-corrected chi connectivity index (χ0v) is 15.2. The fourth-order valence-corrected chi connectivity index (χ4v) is 2.96. The van der Waals surface area contributed by atoms with Crippen LogP contribution in [0, 0.1) is 5.92 Å². The first-order chi connectivity index (χ1) is 11.7. The molecule has 1 aliphatic heterocycles. The summed E-state index contributed by atoms with van der Waals surface area (Å²) in [5, 5.41) is 10.3. The fraction of sp³-hybridized carbons (Fsp3) is 0.500. The summed E-state index contributed by atoms with van der Waals surface area (Å²) in [7, 11) is 0. The van der Waals surface area contributed by atoms with Crippen LogP contribution in [-0.2, 0) is 11.2 Å². The molecule has 136 valence electrons. The zero-order chi connectivity index (χ0) is 16.8. The quantitative estimate of drug-likeness (QED) is 0.789. The number of nitrogens with one attached hydrogen (secondary N) is 2. The second-order valence-corrected chi connectivity index (χ2v) is 6.40. The number of halogens is 1. The smallest absolute Gasteiger partial charge is 0.231 e. The minimum Gasteiger partial charge on any atom is -0.346 e. The van der Waals surface area contributed by atoms with Gasteiger partial charge in [0.2, 0.25) is 11.8 Å². The predicted octanol–water partition coefficient (Wildman–Crippen LogP) is 2.65. The number of carbonyl (C=O) groups is 1. The molecule has 1 aromatic carbocycles. The molecule has 6 nitrogen and oxygen atoms in total. The summed E-state index contributed by atoms with van der Waals surface area (Å²) < 4.78 is 5.29. The van der Waals surface area contributed by atoms with Crippen molar-refractivity contribution in [3.05, 3.63) is 47.6 Å². The van der Waals surface area contributed by atoms with E-state index in [4.69, 9.17) is 4.52 Å². The van der Waals surface area contributed by atoms with Crippen LogP contribution in [-0.4, -0.2) is 29.1 Å². The third-order valence-electron chi connectivity index (χ3n) is 4.39. The second kappa shape index (κ2) is 9.53. The number of rotatable bonds is 7. The Morgan fingerprint density at radius 2 is 2.20 bits per heavy atom. The molecular formula is C18H25ClN4O2. The SMILES string of the molecule is CC(NC(=O)CCC1CCNC1)c1noc(Cc2ccccc2)n1.Cl. The Balaban J connectivity index is 0.00000225. The van der Waals surface area contributed by atoms with Crippen molar-refractivity contribution in [2.24, 2.45) is 5.92 Å². The van der Waals surface area contributed by atoms with Gasteiger partial charge in [-0.15, -0.1) is 12.4 Å². The minimum absolute atomic E-state index is 0. The van der Waals surface area contributed by atoms with Gasteiger partial charge >= 0.3 is 0 Å². The standard InChI is InChI=1S/C18H24N4O2.ClH/c1-13(20-16(23)8-7-15-9-10-19-12-15)18-21-17(24-22-18)11-14-5-3-2-4-6-14;/h2-6,13,15,19H,7-12H2,1H3,(H,20,23);1H. The van der Waals surface area contributed by atoms with E-state index >= 15 is 0 Å². The summed E-state index contributed by atoms with van der Waals surface area (Å²) in [5.41, 5.74) is 1.12. The summed E-state index contributed by atoms with van der Waals surface area (Å²) in [6, 6.07) is 9.74. The van der Waals surface area contributed by atoms with Crippen LogP contribution in [0.2, 0.25) is 0 Å². The van der Waals surface area contributed by atoms with Gasteiger partial charge in [-0.1, -0.05) is 35.5 Å². The van der Waals surface area contributed by atoms with E-state index in [1.54, 1.807) is 0 Å². The van der Waals surface area contributed by atoms with Crippen LogP contribution < -0.4 is 10.6 Å². The lowest BCUT2D eigenvalue weighted by molar-refractivity contribution is -0.122. The molecule has 1 aliphatic rings. The summed E-state index contributed by atoms with van der Waals surface area (Å²) in [6.45, 7) is 3.97. The van der Waals surface area contributed by atoms with Gasteiger partial charge in [-0.2, -0.15) is 4.98 Å². The Kier molecular flexibility index (Phi) is 7.40. The minimum atomic E-state index is -0.243. The van der Waals surface area contributed by atoms with Gasteiger partial charge in [-0.3, -0.25) is 4.79 Å². The molecule has 1 amide bonds. The van der Waals surface area contributed by atoms with Crippen LogP contribution in [0.15, 0.2) is 34.9 Å².